The largest absolute Gasteiger partial charge is 0.486 e. The molecule has 0 unspecified atom stereocenters. The number of ether oxygens (including phenoxy) is 1. The van der Waals surface area contributed by atoms with E-state index in [1.54, 1.807) is 12.1 Å². The number of amides is 1. The quantitative estimate of drug-likeness (QED) is 0.481. The Morgan fingerprint density at radius 1 is 1.21 bits per heavy atom. The number of nitrogens with one attached hydrogen (secondary N) is 1. The SMILES string of the molecule is Cc1cccn2cc(CNC(=O)Cc3csc(COc4ccc(Cl)cc4)n3)nc12. The molecule has 3 aromatic heterocycles. The number of imidazole rings is 1. The lowest BCUT2D eigenvalue weighted by molar-refractivity contribution is -0.120. The summed E-state index contributed by atoms with van der Waals surface area (Å²) >= 11 is 7.34. The summed E-state index contributed by atoms with van der Waals surface area (Å²) in [6.45, 7) is 2.76. The molecule has 0 aliphatic rings. The highest BCUT2D eigenvalue weighted by Gasteiger charge is 2.10. The molecule has 29 heavy (non-hydrogen) atoms. The van der Waals surface area contributed by atoms with Crippen LogP contribution in [0, 0.1) is 6.92 Å². The van der Waals surface area contributed by atoms with E-state index >= 15 is 0 Å². The second-order valence-electron chi connectivity index (χ2n) is 6.58. The number of benzene rings is 1. The lowest BCUT2D eigenvalue weighted by atomic mass is 10.3. The van der Waals surface area contributed by atoms with Gasteiger partial charge in [0.2, 0.25) is 5.91 Å². The molecule has 3 heterocycles. The number of carbonyl (C=O) groups excluding carboxylic acids is 1. The zero-order chi connectivity index (χ0) is 20.2. The van der Waals surface area contributed by atoms with Gasteiger partial charge in [-0.05, 0) is 42.8 Å². The van der Waals surface area contributed by atoms with Gasteiger partial charge in [-0.1, -0.05) is 17.7 Å². The molecule has 8 heteroatoms. The van der Waals surface area contributed by atoms with Crippen molar-refractivity contribution in [3.05, 3.63) is 81.2 Å². The standard InChI is InChI=1S/C21H19ClN4O2S/c1-14-3-2-8-26-11-17(25-21(14)26)10-23-19(27)9-16-13-29-20(24-16)12-28-18-6-4-15(22)5-7-18/h2-8,11,13H,9-10,12H2,1H3,(H,23,27). The Kier molecular flexibility index (Phi) is 5.78. The molecule has 1 amide bonds. The summed E-state index contributed by atoms with van der Waals surface area (Å²) in [6.07, 6.45) is 4.10. The summed E-state index contributed by atoms with van der Waals surface area (Å²) in [6, 6.07) is 11.2. The van der Waals surface area contributed by atoms with E-state index in [9.17, 15) is 4.79 Å². The summed E-state index contributed by atoms with van der Waals surface area (Å²) in [4.78, 5) is 21.3. The molecular weight excluding hydrogens is 408 g/mol. The Morgan fingerprint density at radius 3 is 2.83 bits per heavy atom. The fourth-order valence-corrected chi connectivity index (χ4v) is 3.71. The molecule has 6 nitrogen and oxygen atoms in total. The second kappa shape index (κ2) is 8.63. The van der Waals surface area contributed by atoms with Crippen molar-refractivity contribution in [1.29, 1.82) is 0 Å². The van der Waals surface area contributed by atoms with Crippen molar-refractivity contribution in [2.75, 3.05) is 0 Å². The van der Waals surface area contributed by atoms with Crippen molar-refractivity contribution in [2.24, 2.45) is 0 Å². The number of rotatable bonds is 7. The van der Waals surface area contributed by atoms with Gasteiger partial charge in [0.05, 0.1) is 24.4 Å². The highest BCUT2D eigenvalue weighted by atomic mass is 35.5. The Labute approximate surface area is 177 Å². The molecule has 1 aromatic carbocycles. The van der Waals surface area contributed by atoms with Gasteiger partial charge in [0.25, 0.3) is 0 Å². The first-order valence-electron chi connectivity index (χ1n) is 9.08. The maximum absolute atomic E-state index is 12.3. The third kappa shape index (κ3) is 4.93. The van der Waals surface area contributed by atoms with Crippen LogP contribution in [0.1, 0.15) is 22.0 Å². The fraction of sp³-hybridized carbons (Fsp3) is 0.190. The maximum atomic E-state index is 12.3. The number of hydrogen-bond donors (Lipinski definition) is 1. The van der Waals surface area contributed by atoms with Crippen LogP contribution in [-0.4, -0.2) is 20.3 Å². The molecule has 1 N–H and O–H groups in total. The summed E-state index contributed by atoms with van der Waals surface area (Å²) in [5.41, 5.74) is 3.55. The first-order valence-corrected chi connectivity index (χ1v) is 10.3. The van der Waals surface area contributed by atoms with Gasteiger partial charge in [-0.3, -0.25) is 4.79 Å². The van der Waals surface area contributed by atoms with Crippen molar-refractivity contribution in [2.45, 2.75) is 26.5 Å². The summed E-state index contributed by atoms with van der Waals surface area (Å²) in [5.74, 6) is 0.640. The van der Waals surface area contributed by atoms with Gasteiger partial charge in [0, 0.05) is 22.8 Å². The van der Waals surface area contributed by atoms with Gasteiger partial charge in [0.1, 0.15) is 23.0 Å². The number of nitrogens with zero attached hydrogens (tertiary/aromatic N) is 3. The number of aromatic nitrogens is 3. The lowest BCUT2D eigenvalue weighted by Gasteiger charge is -2.03. The average molecular weight is 427 g/mol. The van der Waals surface area contributed by atoms with E-state index in [4.69, 9.17) is 16.3 Å². The van der Waals surface area contributed by atoms with E-state index in [0.29, 0.717) is 18.2 Å². The topological polar surface area (TPSA) is 68.5 Å². The van der Waals surface area contributed by atoms with Gasteiger partial charge in [-0.25, -0.2) is 9.97 Å². The van der Waals surface area contributed by atoms with E-state index in [1.807, 2.05) is 53.4 Å². The van der Waals surface area contributed by atoms with Crippen molar-refractivity contribution >= 4 is 34.5 Å². The third-order valence-electron chi connectivity index (χ3n) is 4.31. The Hall–Kier alpha value is -2.90. The van der Waals surface area contributed by atoms with Gasteiger partial charge >= 0.3 is 0 Å². The monoisotopic (exact) mass is 426 g/mol. The van der Waals surface area contributed by atoms with Crippen molar-refractivity contribution < 1.29 is 9.53 Å². The minimum atomic E-state index is -0.0887. The molecule has 0 saturated heterocycles. The van der Waals surface area contributed by atoms with Crippen LogP contribution in [0.5, 0.6) is 5.75 Å². The molecule has 0 spiro atoms. The zero-order valence-electron chi connectivity index (χ0n) is 15.8. The average Bonchev–Trinajstić information content (AvgIpc) is 3.33. The van der Waals surface area contributed by atoms with Gasteiger partial charge in [-0.2, -0.15) is 0 Å². The molecule has 148 valence electrons. The molecular formula is C21H19ClN4O2S. The first-order chi connectivity index (χ1) is 14.1. The molecule has 4 rings (SSSR count). The summed E-state index contributed by atoms with van der Waals surface area (Å²) in [7, 11) is 0. The highest BCUT2D eigenvalue weighted by Crippen LogP contribution is 2.18. The summed E-state index contributed by atoms with van der Waals surface area (Å²) in [5, 5.41) is 6.27. The van der Waals surface area contributed by atoms with E-state index in [1.165, 1.54) is 11.3 Å². The minimum Gasteiger partial charge on any atom is -0.486 e. The van der Waals surface area contributed by atoms with Crippen molar-refractivity contribution in [3.8, 4) is 5.75 Å². The molecule has 0 atom stereocenters. The Balaban J connectivity index is 1.28. The lowest BCUT2D eigenvalue weighted by Crippen LogP contribution is -2.24. The number of carbonyl (C=O) groups is 1. The predicted octanol–water partition coefficient (Wildman–Crippen LogP) is 4.19. The molecule has 4 aromatic rings. The molecule has 0 aliphatic carbocycles. The number of aryl methyl sites for hydroxylation is 1. The van der Waals surface area contributed by atoms with E-state index < -0.39 is 0 Å². The number of fused-ring (bicyclic) bond motifs is 1. The predicted molar refractivity (Wildman–Crippen MR) is 113 cm³/mol. The van der Waals surface area contributed by atoms with Crippen LogP contribution in [0.15, 0.2) is 54.2 Å². The normalized spacial score (nSPS) is 11.0. The smallest absolute Gasteiger partial charge is 0.226 e. The van der Waals surface area contributed by atoms with Crippen LogP contribution >= 0.6 is 22.9 Å². The molecule has 0 fully saturated rings. The number of halogens is 1. The van der Waals surface area contributed by atoms with E-state index in [2.05, 4.69) is 15.3 Å². The Bertz CT molecular complexity index is 1140. The molecule has 0 saturated carbocycles. The Morgan fingerprint density at radius 2 is 2.03 bits per heavy atom. The fourth-order valence-electron chi connectivity index (χ4n) is 2.88. The second-order valence-corrected chi connectivity index (χ2v) is 7.96. The number of hydrogen-bond acceptors (Lipinski definition) is 5. The maximum Gasteiger partial charge on any atom is 0.226 e. The number of pyridine rings is 1. The van der Waals surface area contributed by atoms with Crippen LogP contribution in [0.3, 0.4) is 0 Å². The zero-order valence-corrected chi connectivity index (χ0v) is 17.3. The minimum absolute atomic E-state index is 0.0887. The summed E-state index contributed by atoms with van der Waals surface area (Å²) < 4.78 is 7.65. The third-order valence-corrected chi connectivity index (χ3v) is 5.43. The van der Waals surface area contributed by atoms with Gasteiger partial charge < -0.3 is 14.5 Å². The molecule has 0 aliphatic heterocycles. The molecule has 0 bridgehead atoms. The first kappa shape index (κ1) is 19.4. The van der Waals surface area contributed by atoms with Crippen LogP contribution in [0.2, 0.25) is 5.02 Å². The van der Waals surface area contributed by atoms with Crippen molar-refractivity contribution in [3.63, 3.8) is 0 Å². The van der Waals surface area contributed by atoms with E-state index in [0.717, 1.165) is 33.4 Å². The van der Waals surface area contributed by atoms with Gasteiger partial charge in [0.15, 0.2) is 0 Å². The number of thiazole rings is 1. The molecule has 0 radical (unpaired) electrons. The van der Waals surface area contributed by atoms with Crippen LogP contribution in [-0.2, 0) is 24.4 Å². The van der Waals surface area contributed by atoms with Gasteiger partial charge in [-0.15, -0.1) is 11.3 Å². The van der Waals surface area contributed by atoms with Crippen LogP contribution < -0.4 is 10.1 Å². The highest BCUT2D eigenvalue weighted by molar-refractivity contribution is 7.09. The van der Waals surface area contributed by atoms with Crippen LogP contribution in [0.4, 0.5) is 0 Å². The van der Waals surface area contributed by atoms with Crippen LogP contribution in [0.25, 0.3) is 5.65 Å². The van der Waals surface area contributed by atoms with E-state index in [-0.39, 0.29) is 12.3 Å². The van der Waals surface area contributed by atoms with Crippen molar-refractivity contribution in [1.82, 2.24) is 19.7 Å².